The molecular formula is C23H20O. The molecule has 0 fully saturated rings. The zero-order chi connectivity index (χ0) is 16.6. The topological polar surface area (TPSA) is 9.23 Å². The van der Waals surface area contributed by atoms with E-state index in [2.05, 4.69) is 49.1 Å². The van der Waals surface area contributed by atoms with Crippen molar-refractivity contribution in [2.24, 2.45) is 0 Å². The standard InChI is InChI=1S/C23H20O/c1-19(22-10-6-3-7-11-22)12-13-20-14-16-23(17-15-20)24-18-21-8-4-2-5-9-21/h2-17H,1,18H2/b13-12+. The van der Waals surface area contributed by atoms with Crippen molar-refractivity contribution in [3.63, 3.8) is 0 Å². The highest BCUT2D eigenvalue weighted by molar-refractivity contribution is 5.77. The molecule has 0 amide bonds. The Hall–Kier alpha value is -3.06. The fourth-order valence-electron chi connectivity index (χ4n) is 2.36. The summed E-state index contributed by atoms with van der Waals surface area (Å²) in [6.07, 6.45) is 4.10. The summed E-state index contributed by atoms with van der Waals surface area (Å²) in [5.41, 5.74) is 4.43. The van der Waals surface area contributed by atoms with Crippen molar-refractivity contribution in [1.29, 1.82) is 0 Å². The third-order valence-electron chi connectivity index (χ3n) is 3.75. The first-order valence-electron chi connectivity index (χ1n) is 8.00. The van der Waals surface area contributed by atoms with Gasteiger partial charge in [-0.3, -0.25) is 0 Å². The summed E-state index contributed by atoms with van der Waals surface area (Å²) in [6, 6.07) is 28.4. The SMILES string of the molecule is C=C(/C=C/c1ccc(OCc2ccccc2)cc1)c1ccccc1. The summed E-state index contributed by atoms with van der Waals surface area (Å²) in [7, 11) is 0. The lowest BCUT2D eigenvalue weighted by atomic mass is 10.1. The van der Waals surface area contributed by atoms with Crippen molar-refractivity contribution in [3.8, 4) is 5.75 Å². The molecule has 1 nitrogen and oxygen atoms in total. The molecule has 0 aliphatic carbocycles. The quantitative estimate of drug-likeness (QED) is 0.508. The van der Waals surface area contributed by atoms with Gasteiger partial charge in [-0.2, -0.15) is 0 Å². The maximum absolute atomic E-state index is 5.80. The molecule has 0 aliphatic heterocycles. The van der Waals surface area contributed by atoms with Crippen molar-refractivity contribution in [2.45, 2.75) is 6.61 Å². The summed E-state index contributed by atoms with van der Waals surface area (Å²) >= 11 is 0. The van der Waals surface area contributed by atoms with Gasteiger partial charge in [0.2, 0.25) is 0 Å². The molecular weight excluding hydrogens is 292 g/mol. The van der Waals surface area contributed by atoms with Gasteiger partial charge in [0.15, 0.2) is 0 Å². The second-order valence-corrected chi connectivity index (χ2v) is 5.57. The van der Waals surface area contributed by atoms with Crippen LogP contribution in [0.25, 0.3) is 11.6 Å². The average Bonchev–Trinajstić information content (AvgIpc) is 2.67. The van der Waals surface area contributed by atoms with E-state index >= 15 is 0 Å². The number of hydrogen-bond acceptors (Lipinski definition) is 1. The molecule has 1 heteroatoms. The minimum absolute atomic E-state index is 0.584. The van der Waals surface area contributed by atoms with Crippen LogP contribution in [0.1, 0.15) is 16.7 Å². The summed E-state index contributed by atoms with van der Waals surface area (Å²) < 4.78 is 5.80. The molecule has 0 saturated heterocycles. The fourth-order valence-corrected chi connectivity index (χ4v) is 2.36. The number of rotatable bonds is 6. The molecule has 118 valence electrons. The number of ether oxygens (including phenoxy) is 1. The minimum Gasteiger partial charge on any atom is -0.489 e. The Bertz CT molecular complexity index is 800. The largest absolute Gasteiger partial charge is 0.489 e. The van der Waals surface area contributed by atoms with Gasteiger partial charge in [-0.1, -0.05) is 91.5 Å². The van der Waals surface area contributed by atoms with E-state index in [1.807, 2.05) is 54.6 Å². The van der Waals surface area contributed by atoms with E-state index in [-0.39, 0.29) is 0 Å². The smallest absolute Gasteiger partial charge is 0.119 e. The lowest BCUT2D eigenvalue weighted by Gasteiger charge is -2.06. The van der Waals surface area contributed by atoms with E-state index in [1.54, 1.807) is 0 Å². The fraction of sp³-hybridized carbons (Fsp3) is 0.0435. The first-order chi connectivity index (χ1) is 11.8. The van der Waals surface area contributed by atoms with E-state index in [1.165, 1.54) is 5.56 Å². The van der Waals surface area contributed by atoms with Crippen molar-refractivity contribution in [1.82, 2.24) is 0 Å². The molecule has 0 heterocycles. The maximum Gasteiger partial charge on any atom is 0.119 e. The van der Waals surface area contributed by atoms with Gasteiger partial charge >= 0.3 is 0 Å². The Morgan fingerprint density at radius 3 is 2.08 bits per heavy atom. The van der Waals surface area contributed by atoms with Crippen molar-refractivity contribution >= 4 is 11.6 Å². The number of allylic oxidation sites excluding steroid dienone is 2. The molecule has 3 aromatic carbocycles. The van der Waals surface area contributed by atoms with Crippen LogP contribution >= 0.6 is 0 Å². The Labute approximate surface area is 143 Å². The van der Waals surface area contributed by atoms with Crippen LogP contribution in [0, 0.1) is 0 Å². The Morgan fingerprint density at radius 2 is 1.42 bits per heavy atom. The highest BCUT2D eigenvalue weighted by atomic mass is 16.5. The van der Waals surface area contributed by atoms with Gasteiger partial charge in [0.25, 0.3) is 0 Å². The lowest BCUT2D eigenvalue weighted by Crippen LogP contribution is -1.94. The van der Waals surface area contributed by atoms with Crippen LogP contribution in [0.2, 0.25) is 0 Å². The van der Waals surface area contributed by atoms with Gasteiger partial charge in [-0.25, -0.2) is 0 Å². The average molecular weight is 312 g/mol. The zero-order valence-corrected chi connectivity index (χ0v) is 13.6. The molecule has 3 rings (SSSR count). The summed E-state index contributed by atoms with van der Waals surface area (Å²) in [4.78, 5) is 0. The molecule has 0 N–H and O–H groups in total. The predicted octanol–water partition coefficient (Wildman–Crippen LogP) is 5.99. The van der Waals surface area contributed by atoms with E-state index in [4.69, 9.17) is 4.74 Å². The second kappa shape index (κ2) is 7.98. The summed E-state index contributed by atoms with van der Waals surface area (Å²) in [5.74, 6) is 0.873. The van der Waals surface area contributed by atoms with Gasteiger partial charge in [-0.15, -0.1) is 0 Å². The van der Waals surface area contributed by atoms with Crippen LogP contribution in [0.3, 0.4) is 0 Å². The first kappa shape index (κ1) is 15.8. The van der Waals surface area contributed by atoms with Crippen LogP contribution < -0.4 is 4.74 Å². The predicted molar refractivity (Wildman–Crippen MR) is 102 cm³/mol. The van der Waals surface area contributed by atoms with E-state index in [9.17, 15) is 0 Å². The van der Waals surface area contributed by atoms with Gasteiger partial charge in [-0.05, 0) is 34.4 Å². The molecule has 0 radical (unpaired) electrons. The molecule has 24 heavy (non-hydrogen) atoms. The molecule has 3 aromatic rings. The lowest BCUT2D eigenvalue weighted by molar-refractivity contribution is 0.306. The summed E-state index contributed by atoms with van der Waals surface area (Å²) in [6.45, 7) is 4.69. The molecule has 0 aliphatic rings. The van der Waals surface area contributed by atoms with Crippen LogP contribution in [-0.4, -0.2) is 0 Å². The zero-order valence-electron chi connectivity index (χ0n) is 13.6. The van der Waals surface area contributed by atoms with E-state index in [0.717, 1.165) is 22.4 Å². The Kier molecular flexibility index (Phi) is 5.26. The van der Waals surface area contributed by atoms with Crippen LogP contribution in [0.4, 0.5) is 0 Å². The van der Waals surface area contributed by atoms with Crippen molar-refractivity contribution in [3.05, 3.63) is 114 Å². The minimum atomic E-state index is 0.584. The van der Waals surface area contributed by atoms with Crippen LogP contribution in [0.5, 0.6) is 5.75 Å². The van der Waals surface area contributed by atoms with Gasteiger partial charge < -0.3 is 4.74 Å². The van der Waals surface area contributed by atoms with Gasteiger partial charge in [0.1, 0.15) is 12.4 Å². The molecule has 0 saturated carbocycles. The second-order valence-electron chi connectivity index (χ2n) is 5.57. The highest BCUT2D eigenvalue weighted by Crippen LogP contribution is 2.18. The molecule has 0 spiro atoms. The van der Waals surface area contributed by atoms with E-state index in [0.29, 0.717) is 6.61 Å². The van der Waals surface area contributed by atoms with Crippen molar-refractivity contribution in [2.75, 3.05) is 0 Å². The maximum atomic E-state index is 5.80. The highest BCUT2D eigenvalue weighted by Gasteiger charge is 1.96. The van der Waals surface area contributed by atoms with E-state index < -0.39 is 0 Å². The molecule has 0 aromatic heterocycles. The Morgan fingerprint density at radius 1 is 0.792 bits per heavy atom. The van der Waals surface area contributed by atoms with Gasteiger partial charge in [0, 0.05) is 0 Å². The normalized spacial score (nSPS) is 10.7. The molecule has 0 atom stereocenters. The number of hydrogen-bond donors (Lipinski definition) is 0. The molecule has 0 unspecified atom stereocenters. The Balaban J connectivity index is 1.58. The van der Waals surface area contributed by atoms with Gasteiger partial charge in [0.05, 0.1) is 0 Å². The third kappa shape index (κ3) is 4.47. The number of benzene rings is 3. The van der Waals surface area contributed by atoms with Crippen LogP contribution in [-0.2, 0) is 6.61 Å². The van der Waals surface area contributed by atoms with Crippen molar-refractivity contribution < 1.29 is 4.74 Å². The van der Waals surface area contributed by atoms with Crippen LogP contribution in [0.15, 0.2) is 97.6 Å². The first-order valence-corrected chi connectivity index (χ1v) is 8.00. The summed E-state index contributed by atoms with van der Waals surface area (Å²) in [5, 5.41) is 0. The monoisotopic (exact) mass is 312 g/mol. The molecule has 0 bridgehead atoms. The third-order valence-corrected chi connectivity index (χ3v) is 3.75.